The molecule has 3 N–H and O–H groups in total. The van der Waals surface area contributed by atoms with Gasteiger partial charge in [-0.15, -0.1) is 24.8 Å². The van der Waals surface area contributed by atoms with E-state index >= 15 is 0 Å². The summed E-state index contributed by atoms with van der Waals surface area (Å²) in [5, 5.41) is 3.10. The Morgan fingerprint density at radius 3 is 2.68 bits per heavy atom. The number of methoxy groups -OCH3 is 1. The second kappa shape index (κ2) is 11.5. The van der Waals surface area contributed by atoms with Gasteiger partial charge in [0.05, 0.1) is 6.61 Å². The molecule has 7 heteroatoms. The van der Waals surface area contributed by atoms with Crippen LogP contribution in [0, 0.1) is 5.92 Å². The van der Waals surface area contributed by atoms with Gasteiger partial charge in [-0.1, -0.05) is 6.42 Å². The number of carbonyl (C=O) groups is 1. The van der Waals surface area contributed by atoms with Gasteiger partial charge in [0.2, 0.25) is 5.91 Å². The molecule has 5 nitrogen and oxygen atoms in total. The molecule has 0 bridgehead atoms. The van der Waals surface area contributed by atoms with Gasteiger partial charge in [-0.2, -0.15) is 0 Å². The van der Waals surface area contributed by atoms with Crippen LogP contribution in [0.25, 0.3) is 0 Å². The Kier molecular flexibility index (Phi) is 11.4. The Bertz CT molecular complexity index is 321. The molecule has 2 fully saturated rings. The summed E-state index contributed by atoms with van der Waals surface area (Å²) in [4.78, 5) is 14.4. The van der Waals surface area contributed by atoms with Gasteiger partial charge >= 0.3 is 0 Å². The molecule has 1 heterocycles. The first-order valence-corrected chi connectivity index (χ1v) is 7.96. The lowest BCUT2D eigenvalue weighted by atomic mass is 10.00. The highest BCUT2D eigenvalue weighted by Gasteiger charge is 2.27. The van der Waals surface area contributed by atoms with Gasteiger partial charge in [-0.05, 0) is 38.1 Å². The average molecular weight is 356 g/mol. The van der Waals surface area contributed by atoms with Crippen molar-refractivity contribution in [2.45, 2.75) is 50.6 Å². The van der Waals surface area contributed by atoms with Crippen molar-refractivity contribution >= 4 is 30.7 Å². The fraction of sp³-hybridized carbons (Fsp3) is 0.933. The Morgan fingerprint density at radius 2 is 2.05 bits per heavy atom. The maximum absolute atomic E-state index is 12.0. The number of carbonyl (C=O) groups excluding carboxylic acids is 1. The Hall–Kier alpha value is -0.0700. The molecule has 1 aliphatic carbocycles. The molecule has 1 unspecified atom stereocenters. The summed E-state index contributed by atoms with van der Waals surface area (Å²) in [6.07, 6.45) is 6.35. The summed E-state index contributed by atoms with van der Waals surface area (Å²) in [5.41, 5.74) is 6.02. The monoisotopic (exact) mass is 355 g/mol. The highest BCUT2D eigenvalue weighted by Crippen LogP contribution is 2.26. The minimum absolute atomic E-state index is 0. The minimum Gasteiger partial charge on any atom is -0.383 e. The van der Waals surface area contributed by atoms with E-state index in [1.54, 1.807) is 7.11 Å². The number of amides is 1. The molecule has 1 saturated carbocycles. The van der Waals surface area contributed by atoms with Gasteiger partial charge in [0.25, 0.3) is 0 Å². The van der Waals surface area contributed by atoms with E-state index in [0.29, 0.717) is 18.4 Å². The third kappa shape index (κ3) is 6.59. The summed E-state index contributed by atoms with van der Waals surface area (Å²) < 4.78 is 5.14. The number of halogens is 2. The summed E-state index contributed by atoms with van der Waals surface area (Å²) in [6, 6.07) is 0.705. The van der Waals surface area contributed by atoms with Crippen molar-refractivity contribution in [3.05, 3.63) is 0 Å². The van der Waals surface area contributed by atoms with Crippen LogP contribution < -0.4 is 11.1 Å². The van der Waals surface area contributed by atoms with E-state index in [0.717, 1.165) is 39.1 Å². The van der Waals surface area contributed by atoms with Crippen molar-refractivity contribution in [2.75, 3.05) is 33.4 Å². The molecule has 0 radical (unpaired) electrons. The topological polar surface area (TPSA) is 67.6 Å². The van der Waals surface area contributed by atoms with Crippen molar-refractivity contribution in [1.82, 2.24) is 10.2 Å². The van der Waals surface area contributed by atoms with Crippen molar-refractivity contribution < 1.29 is 9.53 Å². The Balaban J connectivity index is 0.00000220. The second-order valence-electron chi connectivity index (χ2n) is 6.19. The number of hydrogen-bond donors (Lipinski definition) is 2. The Labute approximate surface area is 146 Å². The number of likely N-dealkylation sites (tertiary alicyclic amines) is 1. The van der Waals surface area contributed by atoms with E-state index in [1.807, 2.05) is 0 Å². The maximum atomic E-state index is 12.0. The largest absolute Gasteiger partial charge is 0.383 e. The molecular formula is C15H31Cl2N3O2. The van der Waals surface area contributed by atoms with Crippen molar-refractivity contribution in [3.63, 3.8) is 0 Å². The molecule has 0 aromatic carbocycles. The van der Waals surface area contributed by atoms with Crippen LogP contribution >= 0.6 is 24.8 Å². The first-order chi connectivity index (χ1) is 9.70. The van der Waals surface area contributed by atoms with Crippen LogP contribution in [-0.2, 0) is 9.53 Å². The first kappa shape index (κ1) is 21.9. The molecule has 0 spiro atoms. The molecular weight excluding hydrogens is 325 g/mol. The minimum atomic E-state index is 0. The molecule has 1 saturated heterocycles. The quantitative estimate of drug-likeness (QED) is 0.727. The SMILES string of the molecule is COCCN1CCCC1CNC(=O)C[C@@H]1CCC[C@H]1N.Cl.Cl. The van der Waals surface area contributed by atoms with Crippen LogP contribution in [0.2, 0.25) is 0 Å². The normalized spacial score (nSPS) is 28.0. The number of nitrogens with two attached hydrogens (primary N) is 1. The van der Waals surface area contributed by atoms with Crippen LogP contribution in [0.3, 0.4) is 0 Å². The number of nitrogens with one attached hydrogen (secondary N) is 1. The molecule has 0 aromatic heterocycles. The van der Waals surface area contributed by atoms with Crippen molar-refractivity contribution in [2.24, 2.45) is 11.7 Å². The summed E-state index contributed by atoms with van der Waals surface area (Å²) in [5.74, 6) is 0.564. The van der Waals surface area contributed by atoms with Gasteiger partial charge in [0, 0.05) is 38.7 Å². The van der Waals surface area contributed by atoms with Crippen LogP contribution in [0.4, 0.5) is 0 Å². The third-order valence-corrected chi connectivity index (χ3v) is 4.78. The molecule has 1 amide bonds. The van der Waals surface area contributed by atoms with E-state index < -0.39 is 0 Å². The molecule has 0 aromatic rings. The summed E-state index contributed by atoms with van der Waals surface area (Å²) in [6.45, 7) is 3.62. The fourth-order valence-corrected chi connectivity index (χ4v) is 3.49. The highest BCUT2D eigenvalue weighted by molar-refractivity contribution is 5.85. The summed E-state index contributed by atoms with van der Waals surface area (Å²) in [7, 11) is 1.73. The summed E-state index contributed by atoms with van der Waals surface area (Å²) >= 11 is 0. The second-order valence-corrected chi connectivity index (χ2v) is 6.19. The van der Waals surface area contributed by atoms with E-state index in [2.05, 4.69) is 10.2 Å². The highest BCUT2D eigenvalue weighted by atomic mass is 35.5. The number of ether oxygens (including phenoxy) is 1. The first-order valence-electron chi connectivity index (χ1n) is 7.96. The van der Waals surface area contributed by atoms with E-state index in [1.165, 1.54) is 19.3 Å². The van der Waals surface area contributed by atoms with Crippen molar-refractivity contribution in [3.8, 4) is 0 Å². The van der Waals surface area contributed by atoms with Gasteiger partial charge in [-0.25, -0.2) is 0 Å². The van der Waals surface area contributed by atoms with E-state index in [-0.39, 0.29) is 36.8 Å². The smallest absolute Gasteiger partial charge is 0.220 e. The zero-order valence-electron chi connectivity index (χ0n) is 13.5. The number of hydrogen-bond acceptors (Lipinski definition) is 4. The standard InChI is InChI=1S/C15H29N3O2.2ClH/c1-20-9-8-18-7-3-5-13(18)11-17-15(19)10-12-4-2-6-14(12)16;;/h12-14H,2-11,16H2,1H3,(H,17,19);2*1H/t12-,13?,14+;;/m0../s1. The fourth-order valence-electron chi connectivity index (χ4n) is 3.49. The third-order valence-electron chi connectivity index (χ3n) is 4.78. The molecule has 3 atom stereocenters. The molecule has 22 heavy (non-hydrogen) atoms. The molecule has 1 aliphatic heterocycles. The van der Waals surface area contributed by atoms with Crippen LogP contribution in [0.1, 0.15) is 38.5 Å². The van der Waals surface area contributed by atoms with Crippen molar-refractivity contribution in [1.29, 1.82) is 0 Å². The van der Waals surface area contributed by atoms with Gasteiger partial charge in [0.1, 0.15) is 0 Å². The van der Waals surface area contributed by atoms with Crippen LogP contribution in [0.5, 0.6) is 0 Å². The van der Waals surface area contributed by atoms with Crippen LogP contribution in [-0.4, -0.2) is 56.2 Å². The zero-order valence-corrected chi connectivity index (χ0v) is 15.1. The molecule has 2 rings (SSSR count). The lowest BCUT2D eigenvalue weighted by molar-refractivity contribution is -0.122. The van der Waals surface area contributed by atoms with Gasteiger partial charge in [-0.3, -0.25) is 9.69 Å². The van der Waals surface area contributed by atoms with E-state index in [9.17, 15) is 4.79 Å². The van der Waals surface area contributed by atoms with Crippen LogP contribution in [0.15, 0.2) is 0 Å². The zero-order chi connectivity index (χ0) is 14.4. The number of nitrogens with zero attached hydrogens (tertiary/aromatic N) is 1. The molecule has 132 valence electrons. The number of rotatable bonds is 7. The Morgan fingerprint density at radius 1 is 1.27 bits per heavy atom. The van der Waals surface area contributed by atoms with Gasteiger partial charge < -0.3 is 15.8 Å². The molecule has 2 aliphatic rings. The van der Waals surface area contributed by atoms with Gasteiger partial charge in [0.15, 0.2) is 0 Å². The predicted octanol–water partition coefficient (Wildman–Crippen LogP) is 1.57. The van der Waals surface area contributed by atoms with E-state index in [4.69, 9.17) is 10.5 Å². The lowest BCUT2D eigenvalue weighted by Gasteiger charge is -2.24. The lowest BCUT2D eigenvalue weighted by Crippen LogP contribution is -2.42. The average Bonchev–Trinajstić information content (AvgIpc) is 3.04. The maximum Gasteiger partial charge on any atom is 0.220 e. The predicted molar refractivity (Wildman–Crippen MR) is 93.9 cm³/mol.